The first-order valence-electron chi connectivity index (χ1n) is 17.0. The molecule has 0 atom stereocenters. The number of benzene rings is 4. The Bertz CT molecular complexity index is 2240. The van der Waals surface area contributed by atoms with Crippen molar-refractivity contribution in [2.45, 2.75) is 80.9 Å². The van der Waals surface area contributed by atoms with E-state index in [1.54, 1.807) is 6.07 Å². The molecule has 2 heterocycles. The zero-order valence-corrected chi connectivity index (χ0v) is 30.9. The molecule has 0 saturated carbocycles. The summed E-state index contributed by atoms with van der Waals surface area (Å²) < 4.78 is 42.2. The maximum atomic E-state index is 11.8. The molecule has 4 aromatic rings. The van der Waals surface area contributed by atoms with Crippen LogP contribution in [0.1, 0.15) is 71.4 Å². The Hall–Kier alpha value is -4.04. The third kappa shape index (κ3) is 6.84. The number of hydrogen-bond acceptors (Lipinski definition) is 9. The van der Waals surface area contributed by atoms with E-state index in [1.165, 1.54) is 17.7 Å². The van der Waals surface area contributed by atoms with Gasteiger partial charge in [0.1, 0.15) is 16.7 Å². The number of carbonyl (C=O) groups is 1. The van der Waals surface area contributed by atoms with Crippen molar-refractivity contribution in [1.82, 2.24) is 0 Å². The summed E-state index contributed by atoms with van der Waals surface area (Å²) in [6.07, 6.45) is 8.83. The lowest BCUT2D eigenvalue weighted by Gasteiger charge is -2.26. The predicted molar refractivity (Wildman–Crippen MR) is 196 cm³/mol. The standard InChI is InChI=1S/C39H42N2O8S2/c1-6-40-31-20-15-26-24-28(51(45,46)47)17-19-30(26)36(31)38(2,3)33(40)11-10-12-34-39(4,5)37-29-18-16-27(50-49-48-44)23-25(29)14-21-32(37)41(34)22-9-7-8-13-35(42)43/h10-12,14-21,23-24H,6-9,13,22H2,1-5H3,(H2-,42,43,44,45,46,47)/p-1. The quantitative estimate of drug-likeness (QED) is 0.0369. The molecule has 0 bridgehead atoms. The van der Waals surface area contributed by atoms with Crippen LogP contribution >= 0.6 is 12.0 Å². The van der Waals surface area contributed by atoms with Gasteiger partial charge >= 0.3 is 5.97 Å². The number of hydrogen-bond donors (Lipinski definition) is 1. The highest BCUT2D eigenvalue weighted by Crippen LogP contribution is 2.51. The van der Waals surface area contributed by atoms with Crippen LogP contribution in [0, 0.1) is 0 Å². The second-order valence-corrected chi connectivity index (χ2v) is 16.2. The van der Waals surface area contributed by atoms with Gasteiger partial charge in [-0.3, -0.25) is 9.83 Å². The average molecular weight is 730 g/mol. The molecule has 12 heteroatoms. The number of unbranched alkanes of at least 4 members (excludes halogenated alkanes) is 2. The lowest BCUT2D eigenvalue weighted by molar-refractivity contribution is -0.777. The van der Waals surface area contributed by atoms with Crippen LogP contribution in [-0.2, 0) is 35.1 Å². The van der Waals surface area contributed by atoms with Crippen molar-refractivity contribution in [3.63, 3.8) is 0 Å². The van der Waals surface area contributed by atoms with Crippen molar-refractivity contribution in [3.05, 3.63) is 95.7 Å². The van der Waals surface area contributed by atoms with Crippen molar-refractivity contribution in [3.8, 4) is 0 Å². The van der Waals surface area contributed by atoms with E-state index in [0.717, 1.165) is 87.4 Å². The minimum Gasteiger partial charge on any atom is -0.744 e. The largest absolute Gasteiger partial charge is 0.744 e. The highest BCUT2D eigenvalue weighted by Gasteiger charge is 2.46. The van der Waals surface area contributed by atoms with Gasteiger partial charge < -0.3 is 19.8 Å². The molecule has 10 nitrogen and oxygen atoms in total. The van der Waals surface area contributed by atoms with Crippen molar-refractivity contribution in [2.24, 2.45) is 0 Å². The maximum Gasteiger partial charge on any atom is 0.303 e. The second-order valence-electron chi connectivity index (χ2n) is 14.0. The van der Waals surface area contributed by atoms with Crippen molar-refractivity contribution in [2.75, 3.05) is 18.0 Å². The van der Waals surface area contributed by atoms with E-state index in [9.17, 15) is 23.0 Å². The highest BCUT2D eigenvalue weighted by atomic mass is 32.2. The molecule has 0 aromatic heterocycles. The number of carboxylic acids is 1. The molecule has 268 valence electrons. The first kappa shape index (κ1) is 36.7. The van der Waals surface area contributed by atoms with Crippen molar-refractivity contribution < 1.29 is 42.1 Å². The molecular weight excluding hydrogens is 689 g/mol. The van der Waals surface area contributed by atoms with Crippen LogP contribution in [0.4, 0.5) is 11.4 Å². The zero-order valence-electron chi connectivity index (χ0n) is 29.3. The molecule has 0 amide bonds. The lowest BCUT2D eigenvalue weighted by atomic mass is 9.79. The summed E-state index contributed by atoms with van der Waals surface area (Å²) in [5, 5.41) is 26.8. The van der Waals surface area contributed by atoms with Crippen LogP contribution in [0.5, 0.6) is 0 Å². The number of likely N-dealkylation sites (N-methyl/N-ethyl adjacent to an activating group) is 1. The van der Waals surface area contributed by atoms with E-state index in [1.807, 2.05) is 30.3 Å². The van der Waals surface area contributed by atoms with Gasteiger partial charge in [0.15, 0.2) is 5.71 Å². The fraction of sp³-hybridized carbons (Fsp3) is 0.333. The van der Waals surface area contributed by atoms with E-state index in [-0.39, 0.29) is 16.7 Å². The molecule has 6 rings (SSSR count). The molecule has 0 unspecified atom stereocenters. The van der Waals surface area contributed by atoms with Gasteiger partial charge in [0.25, 0.3) is 0 Å². The van der Waals surface area contributed by atoms with Crippen LogP contribution in [0.3, 0.4) is 0 Å². The minimum atomic E-state index is -4.58. The Balaban J connectivity index is 1.40. The lowest BCUT2D eigenvalue weighted by Crippen LogP contribution is -2.28. The van der Waals surface area contributed by atoms with E-state index < -0.39 is 21.5 Å². The Morgan fingerprint density at radius 2 is 1.65 bits per heavy atom. The first-order chi connectivity index (χ1) is 24.2. The molecule has 0 saturated heterocycles. The molecule has 0 aliphatic carbocycles. The number of fused-ring (bicyclic) bond motifs is 6. The minimum absolute atomic E-state index is 0.151. The average Bonchev–Trinajstić information content (AvgIpc) is 3.44. The third-order valence-electron chi connectivity index (χ3n) is 10.2. The van der Waals surface area contributed by atoms with Gasteiger partial charge in [0.05, 0.1) is 22.4 Å². The Kier molecular flexibility index (Phi) is 10.2. The number of anilines is 1. The zero-order chi connectivity index (χ0) is 36.7. The normalized spacial score (nSPS) is 17.3. The van der Waals surface area contributed by atoms with Crippen molar-refractivity contribution >= 4 is 66.8 Å². The molecule has 1 N–H and O–H groups in total. The van der Waals surface area contributed by atoms with Crippen LogP contribution in [0.15, 0.2) is 94.4 Å². The summed E-state index contributed by atoms with van der Waals surface area (Å²) in [6, 6.07) is 18.6. The fourth-order valence-electron chi connectivity index (χ4n) is 7.94. The summed E-state index contributed by atoms with van der Waals surface area (Å²) in [7, 11) is -4.58. The Labute approximate surface area is 302 Å². The number of allylic oxidation sites excluding steroid dienone is 4. The number of nitrogens with zero attached hydrogens (tertiary/aromatic N) is 2. The SMILES string of the molecule is CCN1C(=C/C=C/C2=[N+](CCCCCC(=O)O)c3ccc4cc(SOO[O-])ccc4c3C2(C)C)C(C)(C)c2c1ccc1cc(S(=O)(=O)[O-])ccc21. The summed E-state index contributed by atoms with van der Waals surface area (Å²) in [4.78, 5) is 13.9. The number of carboxylic acid groups (broad SMARTS) is 1. The maximum absolute atomic E-state index is 11.8. The van der Waals surface area contributed by atoms with Gasteiger partial charge in [-0.2, -0.15) is 8.91 Å². The number of rotatable bonds is 13. The van der Waals surface area contributed by atoms with Gasteiger partial charge in [-0.25, -0.2) is 8.42 Å². The van der Waals surface area contributed by atoms with Gasteiger partial charge in [-0.15, -0.1) is 0 Å². The molecule has 51 heavy (non-hydrogen) atoms. The second kappa shape index (κ2) is 14.2. The molecule has 2 aliphatic rings. The summed E-state index contributed by atoms with van der Waals surface area (Å²) in [6.45, 7) is 12.3. The Morgan fingerprint density at radius 3 is 2.35 bits per heavy atom. The topological polar surface area (TPSA) is 142 Å². The van der Waals surface area contributed by atoms with Crippen molar-refractivity contribution in [1.29, 1.82) is 0 Å². The van der Waals surface area contributed by atoms with Gasteiger partial charge in [-0.05, 0) is 103 Å². The fourth-order valence-corrected chi connectivity index (χ4v) is 8.85. The van der Waals surface area contributed by atoms with E-state index in [2.05, 4.69) is 83.8 Å². The van der Waals surface area contributed by atoms with Gasteiger partial charge in [-0.1, -0.05) is 38.1 Å². The number of aliphatic carboxylic acids is 1. The third-order valence-corrected chi connectivity index (χ3v) is 11.6. The highest BCUT2D eigenvalue weighted by molar-refractivity contribution is 7.94. The van der Waals surface area contributed by atoms with E-state index >= 15 is 0 Å². The van der Waals surface area contributed by atoms with Gasteiger partial charge in [0.2, 0.25) is 5.69 Å². The summed E-state index contributed by atoms with van der Waals surface area (Å²) in [5.41, 5.74) is 5.82. The molecule has 0 radical (unpaired) electrons. The van der Waals surface area contributed by atoms with Crippen LogP contribution in [0.2, 0.25) is 0 Å². The van der Waals surface area contributed by atoms with Gasteiger partial charge in [0, 0.05) is 58.8 Å². The predicted octanol–water partition coefficient (Wildman–Crippen LogP) is 7.41. The van der Waals surface area contributed by atoms with Crippen LogP contribution in [-0.4, -0.2) is 47.4 Å². The monoisotopic (exact) mass is 729 g/mol. The van der Waals surface area contributed by atoms with E-state index in [4.69, 9.17) is 5.11 Å². The van der Waals surface area contributed by atoms with E-state index in [0.29, 0.717) is 11.8 Å². The smallest absolute Gasteiger partial charge is 0.303 e. The Morgan fingerprint density at radius 1 is 0.941 bits per heavy atom. The van der Waals surface area contributed by atoms with Crippen LogP contribution < -0.4 is 10.2 Å². The molecule has 0 spiro atoms. The summed E-state index contributed by atoms with van der Waals surface area (Å²) >= 11 is 0.859. The van der Waals surface area contributed by atoms with Crippen LogP contribution in [0.25, 0.3) is 21.5 Å². The molecule has 4 aromatic carbocycles. The first-order valence-corrected chi connectivity index (χ1v) is 19.1. The molecule has 2 aliphatic heterocycles. The summed E-state index contributed by atoms with van der Waals surface area (Å²) in [5.74, 6) is -0.784. The molecule has 0 fully saturated rings. The molecular formula is C39H41N2O8S2-.